The first kappa shape index (κ1) is 11.5. The quantitative estimate of drug-likeness (QED) is 0.774. The number of para-hydroxylation sites is 1. The standard InChI is InChI=1S/C16H13NO2/c18-14-7-9-15(10-8-14)19-11-13-6-5-12-3-1-2-4-16(12)17-13/h1-10,18H,11H2. The van der Waals surface area contributed by atoms with Crippen LogP contribution >= 0.6 is 0 Å². The van der Waals surface area contributed by atoms with Crippen molar-refractivity contribution >= 4 is 10.9 Å². The Morgan fingerprint density at radius 1 is 0.895 bits per heavy atom. The number of phenols is 1. The van der Waals surface area contributed by atoms with Crippen molar-refractivity contribution in [1.29, 1.82) is 0 Å². The van der Waals surface area contributed by atoms with Crippen LogP contribution < -0.4 is 4.74 Å². The molecule has 0 bridgehead atoms. The van der Waals surface area contributed by atoms with Crippen molar-refractivity contribution in [2.24, 2.45) is 0 Å². The minimum absolute atomic E-state index is 0.233. The number of aromatic hydroxyl groups is 1. The fraction of sp³-hybridized carbons (Fsp3) is 0.0625. The van der Waals surface area contributed by atoms with Gasteiger partial charge in [0.25, 0.3) is 0 Å². The molecule has 1 N–H and O–H groups in total. The van der Waals surface area contributed by atoms with Crippen LogP contribution in [0.1, 0.15) is 5.69 Å². The van der Waals surface area contributed by atoms with Gasteiger partial charge < -0.3 is 9.84 Å². The number of phenolic OH excluding ortho intramolecular Hbond substituents is 1. The lowest BCUT2D eigenvalue weighted by atomic mass is 10.2. The second-order valence-corrected chi connectivity index (χ2v) is 4.28. The predicted molar refractivity (Wildman–Crippen MR) is 74.2 cm³/mol. The van der Waals surface area contributed by atoms with Crippen molar-refractivity contribution in [2.75, 3.05) is 0 Å². The van der Waals surface area contributed by atoms with Crippen LogP contribution in [0, 0.1) is 0 Å². The maximum atomic E-state index is 9.19. The fourth-order valence-corrected chi connectivity index (χ4v) is 1.89. The number of benzene rings is 2. The summed E-state index contributed by atoms with van der Waals surface area (Å²) in [6, 6.07) is 18.7. The molecular formula is C16H13NO2. The average molecular weight is 251 g/mol. The van der Waals surface area contributed by atoms with Crippen molar-refractivity contribution in [2.45, 2.75) is 6.61 Å². The molecule has 0 radical (unpaired) electrons. The highest BCUT2D eigenvalue weighted by Gasteiger charge is 2.00. The topological polar surface area (TPSA) is 42.4 Å². The number of nitrogens with zero attached hydrogens (tertiary/aromatic N) is 1. The first-order chi connectivity index (χ1) is 9.31. The highest BCUT2D eigenvalue weighted by atomic mass is 16.5. The van der Waals surface area contributed by atoms with Gasteiger partial charge in [0.1, 0.15) is 18.1 Å². The number of aromatic nitrogens is 1. The average Bonchev–Trinajstić information content (AvgIpc) is 2.46. The molecule has 0 saturated carbocycles. The van der Waals surface area contributed by atoms with Crippen LogP contribution in [0.2, 0.25) is 0 Å². The minimum Gasteiger partial charge on any atom is -0.508 e. The van der Waals surface area contributed by atoms with Gasteiger partial charge in [-0.3, -0.25) is 0 Å². The lowest BCUT2D eigenvalue weighted by Gasteiger charge is -2.06. The van der Waals surface area contributed by atoms with Crippen LogP contribution in [0.4, 0.5) is 0 Å². The number of hydrogen-bond acceptors (Lipinski definition) is 3. The van der Waals surface area contributed by atoms with Gasteiger partial charge >= 0.3 is 0 Å². The molecule has 3 nitrogen and oxygen atoms in total. The summed E-state index contributed by atoms with van der Waals surface area (Å²) in [5, 5.41) is 10.3. The Bertz CT molecular complexity index is 692. The third kappa shape index (κ3) is 2.65. The molecule has 0 unspecified atom stereocenters. The van der Waals surface area contributed by atoms with E-state index in [1.807, 2.05) is 36.4 Å². The van der Waals surface area contributed by atoms with Crippen LogP contribution in [-0.2, 0) is 6.61 Å². The molecule has 0 fully saturated rings. The van der Waals surface area contributed by atoms with Gasteiger partial charge in [-0.2, -0.15) is 0 Å². The van der Waals surface area contributed by atoms with E-state index in [1.54, 1.807) is 24.3 Å². The largest absolute Gasteiger partial charge is 0.508 e. The van der Waals surface area contributed by atoms with E-state index < -0.39 is 0 Å². The normalized spacial score (nSPS) is 10.5. The number of fused-ring (bicyclic) bond motifs is 1. The van der Waals surface area contributed by atoms with Crippen molar-refractivity contribution in [3.05, 3.63) is 66.4 Å². The van der Waals surface area contributed by atoms with E-state index in [-0.39, 0.29) is 5.75 Å². The summed E-state index contributed by atoms with van der Waals surface area (Å²) in [5.41, 5.74) is 1.85. The fourth-order valence-electron chi connectivity index (χ4n) is 1.89. The molecule has 94 valence electrons. The highest BCUT2D eigenvalue weighted by molar-refractivity contribution is 5.78. The predicted octanol–water partition coefficient (Wildman–Crippen LogP) is 3.52. The first-order valence-electron chi connectivity index (χ1n) is 6.08. The van der Waals surface area contributed by atoms with Gasteiger partial charge in [-0.15, -0.1) is 0 Å². The Labute approximate surface area is 111 Å². The summed E-state index contributed by atoms with van der Waals surface area (Å²) >= 11 is 0. The van der Waals surface area contributed by atoms with Gasteiger partial charge in [-0.25, -0.2) is 4.98 Å². The summed E-state index contributed by atoms with van der Waals surface area (Å²) < 4.78 is 5.62. The monoisotopic (exact) mass is 251 g/mol. The van der Waals surface area contributed by atoms with Gasteiger partial charge in [0.15, 0.2) is 0 Å². The van der Waals surface area contributed by atoms with E-state index in [2.05, 4.69) is 4.98 Å². The second kappa shape index (κ2) is 4.98. The Kier molecular flexibility index (Phi) is 3.02. The molecule has 19 heavy (non-hydrogen) atoms. The molecule has 2 aromatic carbocycles. The van der Waals surface area contributed by atoms with E-state index in [0.717, 1.165) is 16.6 Å². The van der Waals surface area contributed by atoms with Gasteiger partial charge in [0.2, 0.25) is 0 Å². The molecule has 3 rings (SSSR count). The molecule has 0 saturated heterocycles. The molecule has 1 heterocycles. The van der Waals surface area contributed by atoms with Gasteiger partial charge in [0.05, 0.1) is 11.2 Å². The van der Waals surface area contributed by atoms with Gasteiger partial charge in [0, 0.05) is 5.39 Å². The van der Waals surface area contributed by atoms with E-state index >= 15 is 0 Å². The first-order valence-corrected chi connectivity index (χ1v) is 6.08. The molecular weight excluding hydrogens is 238 g/mol. The molecule has 0 spiro atoms. The Morgan fingerprint density at radius 3 is 2.53 bits per heavy atom. The van der Waals surface area contributed by atoms with Crippen molar-refractivity contribution in [3.8, 4) is 11.5 Å². The molecule has 0 aliphatic rings. The van der Waals surface area contributed by atoms with E-state index in [0.29, 0.717) is 12.4 Å². The Hall–Kier alpha value is -2.55. The van der Waals surface area contributed by atoms with Crippen LogP contribution in [0.25, 0.3) is 10.9 Å². The van der Waals surface area contributed by atoms with Crippen LogP contribution in [0.15, 0.2) is 60.7 Å². The number of hydrogen-bond donors (Lipinski definition) is 1. The van der Waals surface area contributed by atoms with Crippen LogP contribution in [-0.4, -0.2) is 10.1 Å². The molecule has 3 heteroatoms. The summed E-state index contributed by atoms with van der Waals surface area (Å²) in [7, 11) is 0. The Morgan fingerprint density at radius 2 is 1.68 bits per heavy atom. The molecule has 0 atom stereocenters. The van der Waals surface area contributed by atoms with Crippen molar-refractivity contribution in [3.63, 3.8) is 0 Å². The summed E-state index contributed by atoms with van der Waals surface area (Å²) in [6.45, 7) is 0.412. The zero-order chi connectivity index (χ0) is 13.1. The summed E-state index contributed by atoms with van der Waals surface area (Å²) in [6.07, 6.45) is 0. The maximum absolute atomic E-state index is 9.19. The number of rotatable bonds is 3. The molecule has 0 aliphatic carbocycles. The second-order valence-electron chi connectivity index (χ2n) is 4.28. The number of ether oxygens (including phenoxy) is 1. The van der Waals surface area contributed by atoms with Crippen molar-refractivity contribution < 1.29 is 9.84 Å². The van der Waals surface area contributed by atoms with Gasteiger partial charge in [-0.1, -0.05) is 24.3 Å². The molecule has 0 aliphatic heterocycles. The lowest BCUT2D eigenvalue weighted by Crippen LogP contribution is -1.98. The molecule has 3 aromatic rings. The van der Waals surface area contributed by atoms with Crippen molar-refractivity contribution in [1.82, 2.24) is 4.98 Å². The maximum Gasteiger partial charge on any atom is 0.130 e. The minimum atomic E-state index is 0.233. The smallest absolute Gasteiger partial charge is 0.130 e. The summed E-state index contributed by atoms with van der Waals surface area (Å²) in [5.74, 6) is 0.948. The third-order valence-electron chi connectivity index (χ3n) is 2.88. The van der Waals surface area contributed by atoms with E-state index in [1.165, 1.54) is 0 Å². The summed E-state index contributed by atoms with van der Waals surface area (Å²) in [4.78, 5) is 4.53. The zero-order valence-corrected chi connectivity index (χ0v) is 10.3. The van der Waals surface area contributed by atoms with Crippen LogP contribution in [0.5, 0.6) is 11.5 Å². The number of pyridine rings is 1. The van der Waals surface area contributed by atoms with E-state index in [4.69, 9.17) is 4.74 Å². The highest BCUT2D eigenvalue weighted by Crippen LogP contribution is 2.18. The van der Waals surface area contributed by atoms with Crippen LogP contribution in [0.3, 0.4) is 0 Å². The third-order valence-corrected chi connectivity index (χ3v) is 2.88. The zero-order valence-electron chi connectivity index (χ0n) is 10.3. The molecule has 0 amide bonds. The van der Waals surface area contributed by atoms with E-state index in [9.17, 15) is 5.11 Å². The van der Waals surface area contributed by atoms with Gasteiger partial charge in [-0.05, 0) is 36.4 Å². The molecule has 1 aromatic heterocycles. The SMILES string of the molecule is Oc1ccc(OCc2ccc3ccccc3n2)cc1. The lowest BCUT2D eigenvalue weighted by molar-refractivity contribution is 0.301. The Balaban J connectivity index is 1.76.